The van der Waals surface area contributed by atoms with Crippen LogP contribution in [0.25, 0.3) is 0 Å². The second kappa shape index (κ2) is 13.1. The molecule has 1 aromatic heterocycles. The van der Waals surface area contributed by atoms with E-state index in [4.69, 9.17) is 9.90 Å². The lowest BCUT2D eigenvalue weighted by Gasteiger charge is -2.10. The standard InChI is InChI=1S/C18H26F3N3.C2H4O2/c19-18(20,21)15-12-13-17(22-14-15)24-23-16-10-8-6-4-2-1-3-5-7-9-11-16;1-2(3)4/h12-14H,1-11H2,(H,22,24);1H3,(H,3,4). The van der Waals surface area contributed by atoms with Crippen LogP contribution in [0, 0.1) is 0 Å². The fourth-order valence-corrected chi connectivity index (χ4v) is 2.90. The number of hydrogen-bond donors (Lipinski definition) is 2. The van der Waals surface area contributed by atoms with E-state index < -0.39 is 17.7 Å². The second-order valence-electron chi connectivity index (χ2n) is 6.92. The number of halogens is 3. The molecule has 1 heterocycles. The number of hydrogen-bond acceptors (Lipinski definition) is 4. The van der Waals surface area contributed by atoms with Gasteiger partial charge in [-0.05, 0) is 37.8 Å². The van der Waals surface area contributed by atoms with Crippen LogP contribution in [0.1, 0.15) is 83.1 Å². The number of anilines is 1. The summed E-state index contributed by atoms with van der Waals surface area (Å²) in [6.07, 6.45) is 9.62. The third-order valence-electron chi connectivity index (χ3n) is 4.35. The molecule has 158 valence electrons. The van der Waals surface area contributed by atoms with Crippen LogP contribution in [-0.2, 0) is 11.0 Å². The van der Waals surface area contributed by atoms with Crippen LogP contribution in [0.2, 0.25) is 0 Å². The molecular weight excluding hydrogens is 371 g/mol. The van der Waals surface area contributed by atoms with E-state index in [-0.39, 0.29) is 0 Å². The SMILES string of the molecule is CC(=O)O.FC(F)(F)c1ccc(NN=C2CCCCCCCCCCC2)nc1. The highest BCUT2D eigenvalue weighted by atomic mass is 19.4. The molecule has 1 saturated carbocycles. The summed E-state index contributed by atoms with van der Waals surface area (Å²) in [5.74, 6) is -0.485. The zero-order valence-corrected chi connectivity index (χ0v) is 16.4. The van der Waals surface area contributed by atoms with Crippen molar-refractivity contribution in [3.05, 3.63) is 23.9 Å². The van der Waals surface area contributed by atoms with Crippen molar-refractivity contribution in [2.75, 3.05) is 5.43 Å². The molecule has 0 spiro atoms. The molecule has 5 nitrogen and oxygen atoms in total. The van der Waals surface area contributed by atoms with Gasteiger partial charge in [0.15, 0.2) is 0 Å². The smallest absolute Gasteiger partial charge is 0.417 e. The van der Waals surface area contributed by atoms with Gasteiger partial charge < -0.3 is 5.11 Å². The van der Waals surface area contributed by atoms with E-state index in [1.807, 2.05) is 0 Å². The minimum absolute atomic E-state index is 0.349. The summed E-state index contributed by atoms with van der Waals surface area (Å²) in [6, 6.07) is 2.35. The number of hydrazone groups is 1. The average Bonchev–Trinajstić information content (AvgIpc) is 2.60. The van der Waals surface area contributed by atoms with Gasteiger partial charge >= 0.3 is 6.18 Å². The maximum atomic E-state index is 12.5. The Morgan fingerprint density at radius 1 is 1.00 bits per heavy atom. The van der Waals surface area contributed by atoms with Gasteiger partial charge in [0, 0.05) is 18.8 Å². The molecule has 1 aromatic rings. The number of pyridine rings is 1. The van der Waals surface area contributed by atoms with E-state index in [0.717, 1.165) is 50.6 Å². The highest BCUT2D eigenvalue weighted by molar-refractivity contribution is 5.85. The average molecular weight is 401 g/mol. The van der Waals surface area contributed by atoms with Gasteiger partial charge in [0.25, 0.3) is 5.97 Å². The topological polar surface area (TPSA) is 74.6 Å². The molecule has 0 aliphatic heterocycles. The van der Waals surface area contributed by atoms with E-state index >= 15 is 0 Å². The lowest BCUT2D eigenvalue weighted by atomic mass is 10.00. The zero-order valence-electron chi connectivity index (χ0n) is 16.4. The Morgan fingerprint density at radius 2 is 1.46 bits per heavy atom. The number of aromatic nitrogens is 1. The molecule has 0 aromatic carbocycles. The predicted octanol–water partition coefficient (Wildman–Crippen LogP) is 6.26. The van der Waals surface area contributed by atoms with E-state index in [1.165, 1.54) is 51.0 Å². The molecule has 0 amide bonds. The Morgan fingerprint density at radius 3 is 1.86 bits per heavy atom. The largest absolute Gasteiger partial charge is 0.481 e. The number of nitrogens with zero attached hydrogens (tertiary/aromatic N) is 2. The summed E-state index contributed by atoms with van der Waals surface area (Å²) in [5, 5.41) is 11.8. The molecular formula is C20H30F3N3O2. The van der Waals surface area contributed by atoms with Gasteiger partial charge in [-0.25, -0.2) is 4.98 Å². The molecule has 8 heteroatoms. The highest BCUT2D eigenvalue weighted by Crippen LogP contribution is 2.28. The molecule has 0 radical (unpaired) electrons. The molecule has 0 unspecified atom stereocenters. The third-order valence-corrected chi connectivity index (χ3v) is 4.35. The number of carboxylic acid groups (broad SMARTS) is 1. The van der Waals surface area contributed by atoms with Crippen molar-refractivity contribution >= 4 is 17.5 Å². The zero-order chi connectivity index (χ0) is 20.8. The number of nitrogens with one attached hydrogen (secondary N) is 1. The Labute approximate surface area is 164 Å². The summed E-state index contributed by atoms with van der Waals surface area (Å²) < 4.78 is 37.6. The molecule has 0 atom stereocenters. The van der Waals surface area contributed by atoms with Crippen molar-refractivity contribution in [3.8, 4) is 0 Å². The van der Waals surface area contributed by atoms with Crippen LogP contribution in [0.15, 0.2) is 23.4 Å². The number of aliphatic carboxylic acids is 1. The van der Waals surface area contributed by atoms with Crippen molar-refractivity contribution in [2.45, 2.75) is 83.7 Å². The fourth-order valence-electron chi connectivity index (χ4n) is 2.90. The third kappa shape index (κ3) is 11.6. The second-order valence-corrected chi connectivity index (χ2v) is 6.92. The van der Waals surface area contributed by atoms with Gasteiger partial charge in [-0.3, -0.25) is 10.2 Å². The summed E-state index contributed by atoms with van der Waals surface area (Å²) in [4.78, 5) is 12.8. The first-order valence-corrected chi connectivity index (χ1v) is 9.83. The van der Waals surface area contributed by atoms with E-state index in [2.05, 4.69) is 15.5 Å². The monoisotopic (exact) mass is 401 g/mol. The fraction of sp³-hybridized carbons (Fsp3) is 0.650. The highest BCUT2D eigenvalue weighted by Gasteiger charge is 2.30. The van der Waals surface area contributed by atoms with E-state index in [0.29, 0.717) is 5.82 Å². The normalized spacial score (nSPS) is 16.6. The summed E-state index contributed by atoms with van der Waals surface area (Å²) in [7, 11) is 0. The van der Waals surface area contributed by atoms with Crippen molar-refractivity contribution in [3.63, 3.8) is 0 Å². The minimum Gasteiger partial charge on any atom is -0.481 e. The lowest BCUT2D eigenvalue weighted by Crippen LogP contribution is -2.07. The number of rotatable bonds is 2. The van der Waals surface area contributed by atoms with Gasteiger partial charge in [0.2, 0.25) is 0 Å². The number of alkyl halides is 3. The first-order chi connectivity index (χ1) is 13.3. The quantitative estimate of drug-likeness (QED) is 0.573. The Hall–Kier alpha value is -2.12. The molecule has 0 bridgehead atoms. The van der Waals surface area contributed by atoms with Crippen molar-refractivity contribution in [2.24, 2.45) is 5.10 Å². The molecule has 2 N–H and O–H groups in total. The van der Waals surface area contributed by atoms with Crippen molar-refractivity contribution < 1.29 is 23.1 Å². The van der Waals surface area contributed by atoms with Gasteiger partial charge in [-0.2, -0.15) is 18.3 Å². The minimum atomic E-state index is -4.36. The summed E-state index contributed by atoms with van der Waals surface area (Å²) >= 11 is 0. The Bertz CT molecular complexity index is 584. The van der Waals surface area contributed by atoms with Crippen LogP contribution in [0.3, 0.4) is 0 Å². The van der Waals surface area contributed by atoms with Crippen LogP contribution >= 0.6 is 0 Å². The molecule has 1 aliphatic rings. The van der Waals surface area contributed by atoms with Crippen molar-refractivity contribution in [1.29, 1.82) is 0 Å². The van der Waals surface area contributed by atoms with Gasteiger partial charge in [0.1, 0.15) is 5.82 Å². The van der Waals surface area contributed by atoms with Crippen LogP contribution in [0.5, 0.6) is 0 Å². The Kier molecular flexibility index (Phi) is 11.2. The van der Waals surface area contributed by atoms with Gasteiger partial charge in [-0.1, -0.05) is 44.9 Å². The van der Waals surface area contributed by atoms with Crippen LogP contribution < -0.4 is 5.43 Å². The van der Waals surface area contributed by atoms with E-state index in [1.54, 1.807) is 0 Å². The maximum absolute atomic E-state index is 12.5. The molecule has 0 saturated heterocycles. The predicted molar refractivity (Wildman–Crippen MR) is 104 cm³/mol. The number of carbonyl (C=O) groups is 1. The summed E-state index contributed by atoms with van der Waals surface area (Å²) in [6.45, 7) is 1.08. The van der Waals surface area contributed by atoms with Crippen molar-refractivity contribution in [1.82, 2.24) is 4.98 Å². The molecule has 28 heavy (non-hydrogen) atoms. The Balaban J connectivity index is 0.000000892. The van der Waals surface area contributed by atoms with E-state index in [9.17, 15) is 13.2 Å². The summed E-state index contributed by atoms with van der Waals surface area (Å²) in [5.41, 5.74) is 3.17. The lowest BCUT2D eigenvalue weighted by molar-refractivity contribution is -0.138. The first kappa shape index (κ1) is 23.9. The van der Waals surface area contributed by atoms with Gasteiger partial charge in [-0.15, -0.1) is 0 Å². The maximum Gasteiger partial charge on any atom is 0.417 e. The van der Waals surface area contributed by atoms with Gasteiger partial charge in [0.05, 0.1) is 5.56 Å². The van der Waals surface area contributed by atoms with Crippen LogP contribution in [-0.4, -0.2) is 21.8 Å². The molecule has 1 fully saturated rings. The first-order valence-electron chi connectivity index (χ1n) is 9.83. The molecule has 2 rings (SSSR count). The molecule has 1 aliphatic carbocycles. The van der Waals surface area contributed by atoms with Crippen LogP contribution in [0.4, 0.5) is 19.0 Å². The number of carboxylic acids is 1.